The average Bonchev–Trinajstić information content (AvgIpc) is 2.83. The van der Waals surface area contributed by atoms with Crippen LogP contribution in [0.2, 0.25) is 0 Å². The number of nitrogens with zero attached hydrogens (tertiary/aromatic N) is 2. The van der Waals surface area contributed by atoms with E-state index in [1.165, 1.54) is 0 Å². The summed E-state index contributed by atoms with van der Waals surface area (Å²) in [6.07, 6.45) is 5.17. The molecule has 6 heteroatoms. The first-order valence-electron chi connectivity index (χ1n) is 7.11. The molecule has 2 heterocycles. The molecule has 0 aromatic carbocycles. The van der Waals surface area contributed by atoms with Crippen molar-refractivity contribution in [2.45, 2.75) is 45.1 Å². The minimum absolute atomic E-state index is 0.0934. The zero-order valence-corrected chi connectivity index (χ0v) is 12.1. The highest BCUT2D eigenvalue weighted by molar-refractivity contribution is 7.87. The Morgan fingerprint density at radius 3 is 2.56 bits per heavy atom. The average molecular weight is 275 g/mol. The second-order valence-electron chi connectivity index (χ2n) is 5.37. The molecule has 0 amide bonds. The van der Waals surface area contributed by atoms with Crippen LogP contribution < -0.4 is 4.72 Å². The fourth-order valence-electron chi connectivity index (χ4n) is 2.88. The Morgan fingerprint density at radius 2 is 1.89 bits per heavy atom. The van der Waals surface area contributed by atoms with Gasteiger partial charge in [0.25, 0.3) is 10.2 Å². The summed E-state index contributed by atoms with van der Waals surface area (Å²) in [6.45, 7) is 6.57. The Balaban J connectivity index is 1.88. The van der Waals surface area contributed by atoms with Crippen molar-refractivity contribution in [1.29, 1.82) is 0 Å². The Morgan fingerprint density at radius 1 is 1.17 bits per heavy atom. The van der Waals surface area contributed by atoms with Crippen LogP contribution in [0.5, 0.6) is 0 Å². The summed E-state index contributed by atoms with van der Waals surface area (Å²) in [5.74, 6) is 0. The van der Waals surface area contributed by atoms with Crippen molar-refractivity contribution in [1.82, 2.24) is 13.9 Å². The van der Waals surface area contributed by atoms with E-state index in [4.69, 9.17) is 0 Å². The minimum Gasteiger partial charge on any atom is -0.302 e. The zero-order chi connectivity index (χ0) is 13.0. The summed E-state index contributed by atoms with van der Waals surface area (Å²) in [4.78, 5) is 2.36. The summed E-state index contributed by atoms with van der Waals surface area (Å²) in [5, 5.41) is 0. The molecule has 5 nitrogen and oxygen atoms in total. The maximum Gasteiger partial charge on any atom is 0.279 e. The number of nitrogens with one attached hydrogen (secondary N) is 1. The molecule has 2 aliphatic rings. The molecular weight excluding hydrogens is 250 g/mol. The van der Waals surface area contributed by atoms with Gasteiger partial charge in [0.05, 0.1) is 0 Å². The van der Waals surface area contributed by atoms with E-state index < -0.39 is 10.2 Å². The minimum atomic E-state index is -3.24. The maximum absolute atomic E-state index is 12.2. The first-order valence-corrected chi connectivity index (χ1v) is 8.55. The van der Waals surface area contributed by atoms with E-state index in [0.29, 0.717) is 13.1 Å². The van der Waals surface area contributed by atoms with Crippen molar-refractivity contribution < 1.29 is 8.42 Å². The molecule has 0 radical (unpaired) electrons. The number of piperidine rings is 1. The molecule has 106 valence electrons. The normalized spacial score (nSPS) is 27.7. The molecule has 0 aromatic heterocycles. The summed E-state index contributed by atoms with van der Waals surface area (Å²) in [5.41, 5.74) is 0. The second kappa shape index (κ2) is 6.32. The molecular formula is C12H25N3O2S. The lowest BCUT2D eigenvalue weighted by Gasteiger charge is -2.33. The van der Waals surface area contributed by atoms with Gasteiger partial charge in [0.15, 0.2) is 0 Å². The van der Waals surface area contributed by atoms with Crippen molar-refractivity contribution in [2.24, 2.45) is 0 Å². The predicted octanol–water partition coefficient (Wildman–Crippen LogP) is 0.791. The zero-order valence-electron chi connectivity index (χ0n) is 11.3. The SMILES string of the molecule is CCCN1CCCC(NS(=O)(=O)N2CCCC2)C1. The summed E-state index contributed by atoms with van der Waals surface area (Å²) in [6, 6.07) is 0.0934. The van der Waals surface area contributed by atoms with Crippen molar-refractivity contribution >= 4 is 10.2 Å². The first kappa shape index (κ1) is 14.2. The molecule has 2 rings (SSSR count). The summed E-state index contributed by atoms with van der Waals surface area (Å²) >= 11 is 0. The van der Waals surface area contributed by atoms with Crippen LogP contribution in [0.4, 0.5) is 0 Å². The fraction of sp³-hybridized carbons (Fsp3) is 1.00. The molecule has 2 saturated heterocycles. The van der Waals surface area contributed by atoms with Gasteiger partial charge in [-0.1, -0.05) is 6.92 Å². The second-order valence-corrected chi connectivity index (χ2v) is 7.07. The molecule has 2 fully saturated rings. The van der Waals surface area contributed by atoms with E-state index >= 15 is 0 Å². The number of hydrogen-bond acceptors (Lipinski definition) is 3. The third-order valence-corrected chi connectivity index (χ3v) is 5.44. The standard InChI is InChI=1S/C12H25N3O2S/c1-2-7-14-8-5-6-12(11-14)13-18(16,17)15-9-3-4-10-15/h12-13H,2-11H2,1H3. The van der Waals surface area contributed by atoms with Crippen LogP contribution in [-0.2, 0) is 10.2 Å². The quantitative estimate of drug-likeness (QED) is 0.807. The van der Waals surface area contributed by atoms with Crippen molar-refractivity contribution in [3.05, 3.63) is 0 Å². The van der Waals surface area contributed by atoms with Crippen LogP contribution in [-0.4, -0.2) is 56.4 Å². The van der Waals surface area contributed by atoms with Crippen LogP contribution >= 0.6 is 0 Å². The fourth-order valence-corrected chi connectivity index (χ4v) is 4.39. The van der Waals surface area contributed by atoms with E-state index in [0.717, 1.165) is 51.7 Å². The van der Waals surface area contributed by atoms with E-state index in [2.05, 4.69) is 16.5 Å². The maximum atomic E-state index is 12.2. The van der Waals surface area contributed by atoms with Crippen molar-refractivity contribution in [3.63, 3.8) is 0 Å². The van der Waals surface area contributed by atoms with Gasteiger partial charge in [0.1, 0.15) is 0 Å². The third kappa shape index (κ3) is 3.66. The molecule has 1 unspecified atom stereocenters. The van der Waals surface area contributed by atoms with E-state index in [9.17, 15) is 8.42 Å². The molecule has 1 N–H and O–H groups in total. The molecule has 18 heavy (non-hydrogen) atoms. The Labute approximate surface area is 111 Å². The van der Waals surface area contributed by atoms with Crippen LogP contribution in [0.25, 0.3) is 0 Å². The van der Waals surface area contributed by atoms with E-state index in [1.54, 1.807) is 4.31 Å². The first-order chi connectivity index (χ1) is 8.62. The number of likely N-dealkylation sites (tertiary alicyclic amines) is 1. The van der Waals surface area contributed by atoms with Gasteiger partial charge in [0.2, 0.25) is 0 Å². The van der Waals surface area contributed by atoms with Gasteiger partial charge in [-0.05, 0) is 45.2 Å². The Bertz CT molecular complexity index is 350. The van der Waals surface area contributed by atoms with Gasteiger partial charge in [-0.3, -0.25) is 0 Å². The van der Waals surface area contributed by atoms with Crippen molar-refractivity contribution in [3.8, 4) is 0 Å². The number of rotatable bonds is 5. The predicted molar refractivity (Wildman–Crippen MR) is 72.6 cm³/mol. The lowest BCUT2D eigenvalue weighted by atomic mass is 10.1. The highest BCUT2D eigenvalue weighted by Gasteiger charge is 2.29. The van der Waals surface area contributed by atoms with Gasteiger partial charge < -0.3 is 4.90 Å². The molecule has 0 bridgehead atoms. The Kier molecular flexibility index (Phi) is 5.00. The molecule has 0 saturated carbocycles. The van der Waals surface area contributed by atoms with E-state index in [-0.39, 0.29) is 6.04 Å². The molecule has 2 aliphatic heterocycles. The van der Waals surface area contributed by atoms with Crippen LogP contribution in [0.1, 0.15) is 39.0 Å². The van der Waals surface area contributed by atoms with Crippen LogP contribution in [0, 0.1) is 0 Å². The number of hydrogen-bond donors (Lipinski definition) is 1. The van der Waals surface area contributed by atoms with Crippen LogP contribution in [0.3, 0.4) is 0 Å². The molecule has 1 atom stereocenters. The Hall–Kier alpha value is -0.170. The van der Waals surface area contributed by atoms with Gasteiger partial charge in [-0.25, -0.2) is 0 Å². The van der Waals surface area contributed by atoms with E-state index in [1.807, 2.05) is 0 Å². The van der Waals surface area contributed by atoms with Crippen molar-refractivity contribution in [2.75, 3.05) is 32.7 Å². The van der Waals surface area contributed by atoms with Gasteiger partial charge in [0, 0.05) is 25.7 Å². The third-order valence-electron chi connectivity index (χ3n) is 3.77. The topological polar surface area (TPSA) is 52.7 Å². The largest absolute Gasteiger partial charge is 0.302 e. The van der Waals surface area contributed by atoms with Crippen LogP contribution in [0.15, 0.2) is 0 Å². The monoisotopic (exact) mass is 275 g/mol. The highest BCUT2D eigenvalue weighted by Crippen LogP contribution is 2.15. The molecule has 0 spiro atoms. The molecule has 0 aliphatic carbocycles. The lowest BCUT2D eigenvalue weighted by Crippen LogP contribution is -2.51. The van der Waals surface area contributed by atoms with Gasteiger partial charge >= 0.3 is 0 Å². The van der Waals surface area contributed by atoms with Gasteiger partial charge in [-0.15, -0.1) is 0 Å². The smallest absolute Gasteiger partial charge is 0.279 e. The lowest BCUT2D eigenvalue weighted by molar-refractivity contribution is 0.201. The summed E-state index contributed by atoms with van der Waals surface area (Å²) < 4.78 is 28.8. The van der Waals surface area contributed by atoms with Gasteiger partial charge in [-0.2, -0.15) is 17.4 Å². The summed E-state index contributed by atoms with van der Waals surface area (Å²) in [7, 11) is -3.24. The molecule has 0 aromatic rings. The highest BCUT2D eigenvalue weighted by atomic mass is 32.2.